The Kier molecular flexibility index (Phi) is 4.36. The van der Waals surface area contributed by atoms with E-state index in [1.54, 1.807) is 4.90 Å². The van der Waals surface area contributed by atoms with E-state index in [9.17, 15) is 13.2 Å². The largest absolute Gasteiger partial charge is 0.483 e. The minimum atomic E-state index is -2.89. The zero-order valence-corrected chi connectivity index (χ0v) is 14.4. The predicted octanol–water partition coefficient (Wildman–Crippen LogP) is 1.69. The van der Waals surface area contributed by atoms with Crippen molar-refractivity contribution in [1.82, 2.24) is 4.90 Å². The molecule has 2 aliphatic rings. The molecule has 2 aliphatic heterocycles. The summed E-state index contributed by atoms with van der Waals surface area (Å²) in [4.78, 5) is 14.1. The summed E-state index contributed by atoms with van der Waals surface area (Å²) in [7, 11) is -2.89. The summed E-state index contributed by atoms with van der Waals surface area (Å²) in [6.07, 6.45) is 0. The molecular weight excluding hydrogens is 314 g/mol. The summed E-state index contributed by atoms with van der Waals surface area (Å²) >= 11 is 0. The number of carbonyl (C=O) groups excluding carboxylic acids is 1. The van der Waals surface area contributed by atoms with Gasteiger partial charge in [0.15, 0.2) is 16.4 Å². The molecule has 2 atom stereocenters. The summed E-state index contributed by atoms with van der Waals surface area (Å²) in [5.41, 5.74) is 1.09. The molecule has 6 heteroatoms. The molecule has 1 amide bonds. The molecule has 23 heavy (non-hydrogen) atoms. The maximum atomic E-state index is 12.3. The number of rotatable bonds is 4. The van der Waals surface area contributed by atoms with Gasteiger partial charge in [0, 0.05) is 13.1 Å². The van der Waals surface area contributed by atoms with Crippen LogP contribution in [0.3, 0.4) is 0 Å². The van der Waals surface area contributed by atoms with Gasteiger partial charge in [0.2, 0.25) is 0 Å². The highest BCUT2D eigenvalue weighted by molar-refractivity contribution is 7.91. The maximum absolute atomic E-state index is 12.3. The zero-order chi connectivity index (χ0) is 16.6. The molecule has 5 nitrogen and oxygen atoms in total. The summed E-state index contributed by atoms with van der Waals surface area (Å²) in [6, 6.07) is 7.76. The number of carbonyl (C=O) groups is 1. The van der Waals surface area contributed by atoms with E-state index in [1.165, 1.54) is 0 Å². The molecule has 2 saturated heterocycles. The summed E-state index contributed by atoms with van der Waals surface area (Å²) in [5.74, 6) is 1.67. The van der Waals surface area contributed by atoms with Crippen molar-refractivity contribution >= 4 is 15.7 Å². The topological polar surface area (TPSA) is 63.7 Å². The first-order chi connectivity index (χ1) is 10.9. The Morgan fingerprint density at radius 3 is 2.43 bits per heavy atom. The van der Waals surface area contributed by atoms with Crippen molar-refractivity contribution < 1.29 is 17.9 Å². The third-order valence-corrected chi connectivity index (χ3v) is 6.63. The molecule has 2 fully saturated rings. The summed E-state index contributed by atoms with van der Waals surface area (Å²) in [5, 5.41) is 0. The van der Waals surface area contributed by atoms with Crippen molar-refractivity contribution in [2.45, 2.75) is 19.8 Å². The van der Waals surface area contributed by atoms with Gasteiger partial charge >= 0.3 is 0 Å². The number of nitrogens with zero attached hydrogens (tertiary/aromatic N) is 1. The van der Waals surface area contributed by atoms with E-state index >= 15 is 0 Å². The van der Waals surface area contributed by atoms with Crippen molar-refractivity contribution in [1.29, 1.82) is 0 Å². The second kappa shape index (κ2) is 6.15. The number of sulfone groups is 1. The van der Waals surface area contributed by atoms with Crippen molar-refractivity contribution in [3.05, 3.63) is 29.8 Å². The van der Waals surface area contributed by atoms with E-state index in [-0.39, 0.29) is 35.9 Å². The standard InChI is InChI=1S/C17H23NO4S/c1-12(2)15-5-3-4-6-16(15)22-9-17(19)18-7-13-10-23(20,21)11-14(13)8-18/h3-6,12-14H,7-11H2,1-2H3/t13-,14+. The molecule has 1 aromatic rings. The summed E-state index contributed by atoms with van der Waals surface area (Å²) < 4.78 is 28.9. The molecule has 0 bridgehead atoms. The molecular formula is C17H23NO4S. The van der Waals surface area contributed by atoms with Crippen molar-refractivity contribution in [2.24, 2.45) is 11.8 Å². The van der Waals surface area contributed by atoms with Crippen LogP contribution in [0.5, 0.6) is 5.75 Å². The lowest BCUT2D eigenvalue weighted by molar-refractivity contribution is -0.132. The van der Waals surface area contributed by atoms with E-state index in [1.807, 2.05) is 24.3 Å². The van der Waals surface area contributed by atoms with Gasteiger partial charge in [-0.3, -0.25) is 4.79 Å². The normalized spacial score (nSPS) is 25.6. The van der Waals surface area contributed by atoms with Gasteiger partial charge in [0.25, 0.3) is 5.91 Å². The van der Waals surface area contributed by atoms with E-state index in [2.05, 4.69) is 13.8 Å². The van der Waals surface area contributed by atoms with Gasteiger partial charge in [0.05, 0.1) is 11.5 Å². The highest BCUT2D eigenvalue weighted by Gasteiger charge is 2.44. The Balaban J connectivity index is 1.58. The minimum Gasteiger partial charge on any atom is -0.483 e. The Morgan fingerprint density at radius 2 is 1.83 bits per heavy atom. The van der Waals surface area contributed by atoms with E-state index in [0.29, 0.717) is 19.0 Å². The average molecular weight is 337 g/mol. The van der Waals surface area contributed by atoms with Crippen molar-refractivity contribution in [3.8, 4) is 5.75 Å². The van der Waals surface area contributed by atoms with Crippen molar-refractivity contribution in [3.63, 3.8) is 0 Å². The maximum Gasteiger partial charge on any atom is 0.260 e. The smallest absolute Gasteiger partial charge is 0.260 e. The van der Waals surface area contributed by atoms with Gasteiger partial charge < -0.3 is 9.64 Å². The van der Waals surface area contributed by atoms with Gasteiger partial charge in [-0.25, -0.2) is 8.42 Å². The Bertz CT molecular complexity index is 678. The highest BCUT2D eigenvalue weighted by Crippen LogP contribution is 2.33. The molecule has 0 aliphatic carbocycles. The van der Waals surface area contributed by atoms with Gasteiger partial charge in [-0.1, -0.05) is 32.0 Å². The number of likely N-dealkylation sites (tertiary alicyclic amines) is 1. The number of fused-ring (bicyclic) bond motifs is 1. The minimum absolute atomic E-state index is 0.00984. The number of hydrogen-bond acceptors (Lipinski definition) is 4. The monoisotopic (exact) mass is 337 g/mol. The first-order valence-electron chi connectivity index (χ1n) is 8.05. The number of ether oxygens (including phenoxy) is 1. The van der Waals surface area contributed by atoms with Crippen LogP contribution in [0.25, 0.3) is 0 Å². The van der Waals surface area contributed by atoms with Crippen LogP contribution in [0.15, 0.2) is 24.3 Å². The lowest BCUT2D eigenvalue weighted by Crippen LogP contribution is -2.34. The fourth-order valence-electron chi connectivity index (χ4n) is 3.56. The first kappa shape index (κ1) is 16.3. The van der Waals surface area contributed by atoms with E-state index in [4.69, 9.17) is 4.74 Å². The van der Waals surface area contributed by atoms with Crippen LogP contribution in [0.1, 0.15) is 25.3 Å². The zero-order valence-electron chi connectivity index (χ0n) is 13.6. The van der Waals surface area contributed by atoms with E-state index < -0.39 is 9.84 Å². The molecule has 3 rings (SSSR count). The van der Waals surface area contributed by atoms with Crippen LogP contribution >= 0.6 is 0 Å². The van der Waals surface area contributed by atoms with Crippen LogP contribution in [-0.2, 0) is 14.6 Å². The van der Waals surface area contributed by atoms with Gasteiger partial charge in [-0.05, 0) is 29.4 Å². The van der Waals surface area contributed by atoms with Crippen LogP contribution in [0.2, 0.25) is 0 Å². The third-order valence-electron chi connectivity index (χ3n) is 4.76. The molecule has 0 spiro atoms. The Hall–Kier alpha value is -1.56. The molecule has 2 heterocycles. The quantitative estimate of drug-likeness (QED) is 0.839. The van der Waals surface area contributed by atoms with Crippen LogP contribution in [0.4, 0.5) is 0 Å². The lowest BCUT2D eigenvalue weighted by atomic mass is 10.0. The van der Waals surface area contributed by atoms with Gasteiger partial charge in [-0.15, -0.1) is 0 Å². The van der Waals surface area contributed by atoms with Crippen LogP contribution in [-0.4, -0.2) is 50.4 Å². The molecule has 0 saturated carbocycles. The molecule has 0 unspecified atom stereocenters. The van der Waals surface area contributed by atoms with Gasteiger partial charge in [0.1, 0.15) is 5.75 Å². The van der Waals surface area contributed by atoms with Crippen LogP contribution in [0, 0.1) is 11.8 Å². The number of para-hydroxylation sites is 1. The first-order valence-corrected chi connectivity index (χ1v) is 9.88. The molecule has 0 aromatic heterocycles. The second-order valence-corrected chi connectivity index (χ2v) is 9.03. The number of hydrogen-bond donors (Lipinski definition) is 0. The number of benzene rings is 1. The van der Waals surface area contributed by atoms with Gasteiger partial charge in [-0.2, -0.15) is 0 Å². The fraction of sp³-hybridized carbons (Fsp3) is 0.588. The third kappa shape index (κ3) is 3.52. The second-order valence-electron chi connectivity index (χ2n) is 6.88. The lowest BCUT2D eigenvalue weighted by Gasteiger charge is -2.19. The molecule has 0 N–H and O–H groups in total. The Morgan fingerprint density at radius 1 is 1.22 bits per heavy atom. The van der Waals surface area contributed by atoms with E-state index in [0.717, 1.165) is 11.3 Å². The van der Waals surface area contributed by atoms with Crippen molar-refractivity contribution in [2.75, 3.05) is 31.2 Å². The SMILES string of the molecule is CC(C)c1ccccc1OCC(=O)N1C[C@@H]2CS(=O)(=O)C[C@@H]2C1. The summed E-state index contributed by atoms with van der Waals surface area (Å²) in [6.45, 7) is 5.27. The highest BCUT2D eigenvalue weighted by atomic mass is 32.2. The average Bonchev–Trinajstić information content (AvgIpc) is 2.98. The fourth-order valence-corrected chi connectivity index (χ4v) is 5.76. The Labute approximate surface area is 137 Å². The van der Waals surface area contributed by atoms with Crippen LogP contribution < -0.4 is 4.74 Å². The molecule has 1 aromatic carbocycles. The predicted molar refractivity (Wildman–Crippen MR) is 88.2 cm³/mol. The molecule has 126 valence electrons. The number of amides is 1. The molecule has 0 radical (unpaired) electrons.